The van der Waals surface area contributed by atoms with Gasteiger partial charge in [-0.1, -0.05) is 0 Å². The third kappa shape index (κ3) is 16.7. The maximum Gasteiger partial charge on any atom is 0.511 e. The quantitative estimate of drug-likeness (QED) is 0.0749. The van der Waals surface area contributed by atoms with E-state index in [1.165, 1.54) is 60.5 Å². The van der Waals surface area contributed by atoms with Crippen LogP contribution >= 0.6 is 10.7 Å². The summed E-state index contributed by atoms with van der Waals surface area (Å²) in [5.74, 6) is -0.895. The van der Waals surface area contributed by atoms with Gasteiger partial charge in [0.05, 0.1) is 45.9 Å². The Kier molecular flexibility index (Phi) is 24.6. The molecule has 4 aliphatic rings. The topological polar surface area (TPSA) is 367 Å². The summed E-state index contributed by atoms with van der Waals surface area (Å²) in [6, 6.07) is 3.18. The van der Waals surface area contributed by atoms with Gasteiger partial charge < -0.3 is 50.3 Å². The molecule has 494 valence electrons. The third-order valence-corrected chi connectivity index (χ3v) is 18.2. The van der Waals surface area contributed by atoms with E-state index in [1.807, 2.05) is 0 Å². The number of alkyl halides is 9. The number of nitrogens with zero attached hydrogens (tertiary/aromatic N) is 15. The van der Waals surface area contributed by atoms with Crippen molar-refractivity contribution in [3.8, 4) is 22.8 Å². The minimum absolute atomic E-state index is 0. The number of carbonyl (C=O) groups is 3. The summed E-state index contributed by atoms with van der Waals surface area (Å²) in [7, 11) is -12.2. The minimum atomic E-state index is -5.37. The van der Waals surface area contributed by atoms with Gasteiger partial charge in [0.25, 0.3) is 19.7 Å². The largest absolute Gasteiger partial charge is 0.511 e. The fourth-order valence-corrected chi connectivity index (χ4v) is 11.6. The molecule has 2 saturated heterocycles. The number of hydrogen-bond donors (Lipinski definition) is 4. The second kappa shape index (κ2) is 28.5. The Balaban J connectivity index is 0.000000346. The number of hydrogen-bond acceptors (Lipinski definition) is 20. The molecule has 2 aliphatic heterocycles. The van der Waals surface area contributed by atoms with Crippen LogP contribution in [0.5, 0.6) is 0 Å². The van der Waals surface area contributed by atoms with Crippen molar-refractivity contribution in [2.45, 2.75) is 90.2 Å². The first kappa shape index (κ1) is 77.6. The number of ether oxygens (including phenoxy) is 1. The first-order valence-corrected chi connectivity index (χ1v) is 29.9. The molecule has 2 amide bonds. The Hall–Kier alpha value is -6.64. The van der Waals surface area contributed by atoms with E-state index in [1.54, 1.807) is 32.9 Å². The Labute approximate surface area is 539 Å². The van der Waals surface area contributed by atoms with Crippen LogP contribution in [-0.4, -0.2) is 184 Å². The molecule has 90 heavy (non-hydrogen) atoms. The molecule has 44 heteroatoms. The van der Waals surface area contributed by atoms with E-state index in [9.17, 15) is 79.2 Å². The molecule has 0 radical (unpaired) electrons. The van der Waals surface area contributed by atoms with Gasteiger partial charge in [0.1, 0.15) is 16.7 Å². The maximum atomic E-state index is 12.9. The van der Waals surface area contributed by atoms with Crippen LogP contribution in [0.3, 0.4) is 0 Å². The summed E-state index contributed by atoms with van der Waals surface area (Å²) in [6.45, 7) is 20.9. The predicted octanol–water partition coefficient (Wildman–Crippen LogP) is 5.05. The SMILES string of the molecule is CC(C)(C)OC(=O)N1CC(C(=O)O)C1.O=S(=O)(Cl)C(F)(F)F.[C-]#[N+]CC1(n2cc(-c3nccc4nc(N)nn34)cn2)CC(S(=O)(=O)C(F)(F)F)C1.[C-]#[N+]CC1(n2cc(-c3nccc4nc(NC(=O)C5CNC5)nn34)cn2)CC(S(=O)(=O)C(F)(F)F)C1.[CH3-].[CH3-].[W].[W]. The average Bonchev–Trinajstić information content (AvgIpc) is 1.11. The molecular weight excluding hydrogens is 1650 g/mol. The van der Waals surface area contributed by atoms with E-state index in [0.29, 0.717) is 47.2 Å². The molecular formula is C46H52ClF9N18O11S3W2-2. The van der Waals surface area contributed by atoms with Gasteiger partial charge in [-0.05, 0) is 46.5 Å². The summed E-state index contributed by atoms with van der Waals surface area (Å²) in [6.07, 6.45) is 6.86. The Morgan fingerprint density at radius 2 is 1.14 bits per heavy atom. The molecule has 29 nitrogen and oxygen atoms in total. The van der Waals surface area contributed by atoms with Crippen LogP contribution in [0, 0.1) is 39.8 Å². The fraction of sp³-hybridized carbons (Fsp3) is 0.500. The van der Waals surface area contributed by atoms with E-state index in [0.717, 1.165) is 0 Å². The van der Waals surface area contributed by atoms with Crippen molar-refractivity contribution in [3.05, 3.63) is 87.0 Å². The molecule has 5 N–H and O–H groups in total. The number of carboxylic acid groups (broad SMARTS) is 1. The van der Waals surface area contributed by atoms with E-state index in [4.69, 9.17) is 28.7 Å². The first-order chi connectivity index (χ1) is 39.7. The van der Waals surface area contributed by atoms with Gasteiger partial charge in [-0.15, -0.1) is 10.2 Å². The minimum Gasteiger partial charge on any atom is -0.481 e. The van der Waals surface area contributed by atoms with Gasteiger partial charge in [-0.2, -0.15) is 68.7 Å². The van der Waals surface area contributed by atoms with Gasteiger partial charge in [0, 0.05) is 116 Å². The van der Waals surface area contributed by atoms with Crippen molar-refractivity contribution in [1.29, 1.82) is 0 Å². The van der Waals surface area contributed by atoms with Gasteiger partial charge >= 0.3 is 37.6 Å². The van der Waals surface area contributed by atoms with Gasteiger partial charge in [-0.25, -0.2) is 53.2 Å². The van der Waals surface area contributed by atoms with Crippen molar-refractivity contribution in [2.24, 2.45) is 11.8 Å². The zero-order valence-electron chi connectivity index (χ0n) is 47.1. The first-order valence-electron chi connectivity index (χ1n) is 24.5. The maximum absolute atomic E-state index is 12.9. The zero-order valence-corrected chi connectivity index (χ0v) is 56.2. The Morgan fingerprint density at radius 3 is 1.50 bits per heavy atom. The number of halogens is 10. The van der Waals surface area contributed by atoms with Crippen molar-refractivity contribution in [3.63, 3.8) is 0 Å². The molecule has 0 unspecified atom stereocenters. The summed E-state index contributed by atoms with van der Waals surface area (Å²) < 4.78 is 186. The molecule has 0 aromatic carbocycles. The number of carboxylic acids is 1. The molecule has 4 fully saturated rings. The predicted molar refractivity (Wildman–Crippen MR) is 291 cm³/mol. The van der Waals surface area contributed by atoms with Crippen LogP contribution in [0.15, 0.2) is 49.3 Å². The van der Waals surface area contributed by atoms with E-state index in [2.05, 4.69) is 71.3 Å². The number of sulfone groups is 2. The molecule has 8 heterocycles. The molecule has 6 aromatic rings. The van der Waals surface area contributed by atoms with Crippen LogP contribution in [0.25, 0.3) is 43.8 Å². The van der Waals surface area contributed by atoms with E-state index >= 15 is 0 Å². The average molecular weight is 1700 g/mol. The molecule has 0 bridgehead atoms. The zero-order chi connectivity index (χ0) is 64.0. The normalized spacial score (nSPS) is 20.1. The van der Waals surface area contributed by atoms with Crippen molar-refractivity contribution in [2.75, 3.05) is 50.3 Å². The second-order valence-corrected chi connectivity index (χ2v) is 27.6. The summed E-state index contributed by atoms with van der Waals surface area (Å²) in [5, 5.41) is 27.7. The number of carbonyl (C=O) groups excluding carboxylic acids is 2. The van der Waals surface area contributed by atoms with Crippen molar-refractivity contribution in [1.82, 2.24) is 68.9 Å². The standard InChI is InChI=1S/C19H18F3N9O3S.C15H13F3N8O2S.C9H15NO4.CClF3O2S.2CH3.2W/c1-23-10-18(4-13(5-18)35(33,34)19(20,21)22)30-9-12(8-26-30)15-25-3-2-14-27-17(29-31(14)15)28-16(32)11-6-24-7-11;1-20-8-14(4-10(5-14)29(27,28)15(16,17)18)25-7-9(6-22-25)12-21-3-2-11-23-13(19)24-26(11)12;1-9(2,3)14-8(13)10-4-6(5-10)7(11)12;2-8(6,7)1(3,4)5;;;;/h2-3,8-9,11,13,24H,4-7,10H2,(H,28,29,32);2-3,6-7,10H,4-5,8H2,(H2,19,24);6H,4-5H2,1-3H3,(H,11,12);;2*1H3;;/q;;;;2*-1;;. The Bertz CT molecular complexity index is 4000. The molecule has 10 rings (SSSR count). The van der Waals surface area contributed by atoms with Crippen LogP contribution in [-0.2, 0) is 96.3 Å². The smallest absolute Gasteiger partial charge is 0.481 e. The van der Waals surface area contributed by atoms with Crippen molar-refractivity contribution < 1.29 is 131 Å². The number of nitrogens with two attached hydrogens (primary N) is 1. The number of aromatic nitrogens is 12. The Morgan fingerprint density at radius 1 is 0.733 bits per heavy atom. The van der Waals surface area contributed by atoms with Gasteiger partial charge in [0.2, 0.25) is 30.9 Å². The molecule has 2 aliphatic carbocycles. The number of nitrogen functional groups attached to an aromatic ring is 1. The van der Waals surface area contributed by atoms with Crippen molar-refractivity contribution >= 4 is 80.6 Å². The summed E-state index contributed by atoms with van der Waals surface area (Å²) >= 11 is 0. The number of rotatable bonds is 11. The van der Waals surface area contributed by atoms with E-state index in [-0.39, 0.29) is 133 Å². The van der Waals surface area contributed by atoms with Crippen LogP contribution in [0.2, 0.25) is 0 Å². The van der Waals surface area contributed by atoms with Gasteiger partial charge in [-0.3, -0.25) is 24.3 Å². The van der Waals surface area contributed by atoms with Crippen LogP contribution in [0.4, 0.5) is 56.2 Å². The number of fused-ring (bicyclic) bond motifs is 2. The molecule has 0 atom stereocenters. The molecule has 0 spiro atoms. The van der Waals surface area contributed by atoms with Crippen LogP contribution in [0.1, 0.15) is 46.5 Å². The monoisotopic (exact) mass is 1700 g/mol. The number of anilines is 2. The summed E-state index contributed by atoms with van der Waals surface area (Å²) in [5.41, 5.74) is -11.5. The van der Waals surface area contributed by atoms with E-state index < -0.39 is 90.4 Å². The number of likely N-dealkylation sites (tertiary alicyclic amines) is 1. The third-order valence-electron chi connectivity index (χ3n) is 13.4. The van der Waals surface area contributed by atoms with Crippen LogP contribution < -0.4 is 16.4 Å². The summed E-state index contributed by atoms with van der Waals surface area (Å²) in [4.78, 5) is 58.7. The molecule has 6 aromatic heterocycles. The molecule has 2 saturated carbocycles. The fourth-order valence-electron chi connectivity index (χ4n) is 8.75. The number of aliphatic carboxylic acids is 1. The second-order valence-electron chi connectivity index (χ2n) is 20.6. The number of amides is 2. The number of nitrogens with one attached hydrogen (secondary N) is 2. The van der Waals surface area contributed by atoms with Gasteiger partial charge in [0.15, 0.2) is 22.9 Å².